The van der Waals surface area contributed by atoms with E-state index in [1.807, 2.05) is 6.07 Å². The van der Waals surface area contributed by atoms with Crippen LogP contribution in [0.3, 0.4) is 0 Å². The van der Waals surface area contributed by atoms with Crippen LogP contribution >= 0.6 is 15.9 Å². The van der Waals surface area contributed by atoms with Crippen LogP contribution in [0.2, 0.25) is 0 Å². The molecule has 32 heavy (non-hydrogen) atoms. The summed E-state index contributed by atoms with van der Waals surface area (Å²) in [4.78, 5) is 23.9. The van der Waals surface area contributed by atoms with Crippen LogP contribution in [0.25, 0.3) is 0 Å². The van der Waals surface area contributed by atoms with Crippen molar-refractivity contribution in [2.75, 3.05) is 6.61 Å². The zero-order valence-corrected chi connectivity index (χ0v) is 18.0. The molecule has 160 valence electrons. The van der Waals surface area contributed by atoms with Gasteiger partial charge in [-0.1, -0.05) is 22.0 Å². The summed E-state index contributed by atoms with van der Waals surface area (Å²) in [5.74, 6) is -1.15. The zero-order chi connectivity index (χ0) is 22.9. The number of hydrogen-bond donors (Lipinski definition) is 1. The van der Waals surface area contributed by atoms with Gasteiger partial charge in [-0.2, -0.15) is 10.4 Å². The number of halogens is 2. The molecule has 3 rings (SSSR count). The molecule has 0 heterocycles. The highest BCUT2D eigenvalue weighted by Crippen LogP contribution is 2.22. The topological polar surface area (TPSA) is 101 Å². The van der Waals surface area contributed by atoms with Crippen molar-refractivity contribution in [2.24, 2.45) is 5.10 Å². The largest absolute Gasteiger partial charge is 0.482 e. The second-order valence-corrected chi connectivity index (χ2v) is 7.22. The van der Waals surface area contributed by atoms with Gasteiger partial charge in [-0.25, -0.2) is 14.6 Å². The monoisotopic (exact) mass is 495 g/mol. The molecule has 0 atom stereocenters. The lowest BCUT2D eigenvalue weighted by Crippen LogP contribution is -2.24. The number of hydrazone groups is 1. The molecule has 0 aromatic heterocycles. The molecule has 1 N–H and O–H groups in total. The van der Waals surface area contributed by atoms with Crippen LogP contribution in [0.1, 0.15) is 21.5 Å². The van der Waals surface area contributed by atoms with Crippen LogP contribution in [-0.2, 0) is 4.79 Å². The minimum atomic E-state index is -0.677. The Hall–Kier alpha value is -4.03. The molecule has 0 aliphatic heterocycles. The van der Waals surface area contributed by atoms with E-state index in [1.54, 1.807) is 42.5 Å². The molecule has 0 unspecified atom stereocenters. The van der Waals surface area contributed by atoms with Gasteiger partial charge in [0, 0.05) is 4.47 Å². The Kier molecular flexibility index (Phi) is 7.67. The summed E-state index contributed by atoms with van der Waals surface area (Å²) in [5.41, 5.74) is 3.35. The van der Waals surface area contributed by atoms with E-state index in [-0.39, 0.29) is 17.9 Å². The normalized spacial score (nSPS) is 10.4. The standard InChI is InChI=1S/C23H15BrFN3O4/c24-18-6-9-21(17(10-18)12-26)31-14-22(29)28-27-13-15-4-7-20(8-5-15)32-23(30)16-2-1-3-19(25)11-16/h1-11,13H,14H2,(H,28,29)/b27-13+. The van der Waals surface area contributed by atoms with E-state index in [9.17, 15) is 14.0 Å². The molecule has 0 saturated carbocycles. The van der Waals surface area contributed by atoms with E-state index in [4.69, 9.17) is 14.7 Å². The third-order valence-corrected chi connectivity index (χ3v) is 4.47. The van der Waals surface area contributed by atoms with E-state index in [1.165, 1.54) is 24.4 Å². The predicted octanol–water partition coefficient (Wildman–Crippen LogP) is 4.21. The third-order valence-electron chi connectivity index (χ3n) is 3.97. The number of hydrogen-bond acceptors (Lipinski definition) is 6. The fraction of sp³-hybridized carbons (Fsp3) is 0.0435. The smallest absolute Gasteiger partial charge is 0.343 e. The maximum absolute atomic E-state index is 13.2. The van der Waals surface area contributed by atoms with Gasteiger partial charge < -0.3 is 9.47 Å². The SMILES string of the molecule is N#Cc1cc(Br)ccc1OCC(=O)N/N=C/c1ccc(OC(=O)c2cccc(F)c2)cc1. The number of carbonyl (C=O) groups excluding carboxylic acids is 2. The van der Waals surface area contributed by atoms with Crippen molar-refractivity contribution in [3.8, 4) is 17.6 Å². The maximum Gasteiger partial charge on any atom is 0.343 e. The molecule has 0 aliphatic rings. The molecule has 3 aromatic rings. The predicted molar refractivity (Wildman–Crippen MR) is 118 cm³/mol. The van der Waals surface area contributed by atoms with E-state index in [2.05, 4.69) is 26.5 Å². The zero-order valence-electron chi connectivity index (χ0n) is 16.4. The number of rotatable bonds is 7. The summed E-state index contributed by atoms with van der Waals surface area (Å²) >= 11 is 3.26. The van der Waals surface area contributed by atoms with Crippen molar-refractivity contribution in [1.29, 1.82) is 5.26 Å². The van der Waals surface area contributed by atoms with Crippen molar-refractivity contribution in [3.63, 3.8) is 0 Å². The molecular weight excluding hydrogens is 481 g/mol. The van der Waals surface area contributed by atoms with Crippen LogP contribution in [-0.4, -0.2) is 24.7 Å². The van der Waals surface area contributed by atoms with Gasteiger partial charge in [0.25, 0.3) is 5.91 Å². The highest BCUT2D eigenvalue weighted by molar-refractivity contribution is 9.10. The number of nitrogens with one attached hydrogen (secondary N) is 1. The number of carbonyl (C=O) groups is 2. The third kappa shape index (κ3) is 6.48. The summed E-state index contributed by atoms with van der Waals surface area (Å²) < 4.78 is 24.5. The van der Waals surface area contributed by atoms with E-state index in [0.29, 0.717) is 16.9 Å². The highest BCUT2D eigenvalue weighted by Gasteiger charge is 2.09. The molecular formula is C23H15BrFN3O4. The van der Waals surface area contributed by atoms with Crippen molar-refractivity contribution in [2.45, 2.75) is 0 Å². The second-order valence-electron chi connectivity index (χ2n) is 6.30. The Labute approximate surface area is 191 Å². The van der Waals surface area contributed by atoms with E-state index >= 15 is 0 Å². The Morgan fingerprint density at radius 3 is 2.62 bits per heavy atom. The van der Waals surface area contributed by atoms with Gasteiger partial charge in [0.2, 0.25) is 0 Å². The Balaban J connectivity index is 1.49. The number of esters is 1. The molecule has 0 radical (unpaired) electrons. The Morgan fingerprint density at radius 1 is 1.12 bits per heavy atom. The Morgan fingerprint density at radius 2 is 1.91 bits per heavy atom. The van der Waals surface area contributed by atoms with Crippen molar-refractivity contribution < 1.29 is 23.5 Å². The summed E-state index contributed by atoms with van der Waals surface area (Å²) in [6.07, 6.45) is 1.40. The maximum atomic E-state index is 13.2. The number of ether oxygens (including phenoxy) is 2. The second kappa shape index (κ2) is 10.8. The lowest BCUT2D eigenvalue weighted by Gasteiger charge is -2.07. The first-order valence-corrected chi connectivity index (χ1v) is 9.96. The first-order valence-electron chi connectivity index (χ1n) is 9.17. The number of nitriles is 1. The van der Waals surface area contributed by atoms with Crippen LogP contribution in [0, 0.1) is 17.1 Å². The summed E-state index contributed by atoms with van der Waals surface area (Å²) in [7, 11) is 0. The summed E-state index contributed by atoms with van der Waals surface area (Å²) in [5, 5.41) is 12.9. The van der Waals surface area contributed by atoms with Crippen molar-refractivity contribution in [3.05, 3.63) is 93.7 Å². The van der Waals surface area contributed by atoms with Gasteiger partial charge in [-0.15, -0.1) is 0 Å². The van der Waals surface area contributed by atoms with Crippen molar-refractivity contribution >= 4 is 34.0 Å². The molecule has 1 amide bonds. The fourth-order valence-electron chi connectivity index (χ4n) is 2.47. The first kappa shape index (κ1) is 22.7. The van der Waals surface area contributed by atoms with Crippen LogP contribution in [0.15, 0.2) is 76.3 Å². The van der Waals surface area contributed by atoms with Crippen molar-refractivity contribution in [1.82, 2.24) is 5.43 Å². The quantitative estimate of drug-likeness (QED) is 0.229. The molecule has 3 aromatic carbocycles. The molecule has 7 nitrogen and oxygen atoms in total. The first-order chi connectivity index (χ1) is 15.4. The van der Waals surface area contributed by atoms with Crippen LogP contribution in [0.5, 0.6) is 11.5 Å². The average Bonchev–Trinajstić information content (AvgIpc) is 2.79. The molecule has 0 saturated heterocycles. The lowest BCUT2D eigenvalue weighted by atomic mass is 10.2. The molecule has 0 bridgehead atoms. The Bertz CT molecular complexity index is 1210. The summed E-state index contributed by atoms with van der Waals surface area (Å²) in [6.45, 7) is -0.317. The van der Waals surface area contributed by atoms with Gasteiger partial charge >= 0.3 is 5.97 Å². The van der Waals surface area contributed by atoms with Gasteiger partial charge in [-0.3, -0.25) is 4.79 Å². The molecule has 9 heteroatoms. The van der Waals surface area contributed by atoms with E-state index in [0.717, 1.165) is 10.5 Å². The molecule has 0 spiro atoms. The highest BCUT2D eigenvalue weighted by atomic mass is 79.9. The number of amides is 1. The molecule has 0 aliphatic carbocycles. The molecule has 0 fully saturated rings. The van der Waals surface area contributed by atoms with Gasteiger partial charge in [-0.05, 0) is 66.2 Å². The fourth-order valence-corrected chi connectivity index (χ4v) is 2.83. The number of nitrogens with zero attached hydrogens (tertiary/aromatic N) is 2. The van der Waals surface area contributed by atoms with E-state index < -0.39 is 17.7 Å². The van der Waals surface area contributed by atoms with Gasteiger partial charge in [0.05, 0.1) is 17.3 Å². The van der Waals surface area contributed by atoms with Crippen LogP contribution in [0.4, 0.5) is 4.39 Å². The minimum absolute atomic E-state index is 0.102. The summed E-state index contributed by atoms with van der Waals surface area (Å²) in [6, 6.07) is 18.4. The minimum Gasteiger partial charge on any atom is -0.482 e. The van der Waals surface area contributed by atoms with Gasteiger partial charge in [0.1, 0.15) is 23.4 Å². The van der Waals surface area contributed by atoms with Crippen LogP contribution < -0.4 is 14.9 Å². The van der Waals surface area contributed by atoms with Gasteiger partial charge in [0.15, 0.2) is 6.61 Å². The average molecular weight is 496 g/mol. The number of benzene rings is 3. The lowest BCUT2D eigenvalue weighted by molar-refractivity contribution is -0.123.